The Labute approximate surface area is 193 Å². The van der Waals surface area contributed by atoms with Crippen molar-refractivity contribution in [2.24, 2.45) is 5.41 Å². The number of aromatic nitrogens is 1. The van der Waals surface area contributed by atoms with Gasteiger partial charge in [0.1, 0.15) is 18.0 Å². The first-order valence-corrected chi connectivity index (χ1v) is 11.1. The lowest BCUT2D eigenvalue weighted by Crippen LogP contribution is -2.33. The Morgan fingerprint density at radius 1 is 1.33 bits per heavy atom. The molecule has 1 N–H and O–H groups in total. The maximum Gasteiger partial charge on any atom is 0.246 e. The van der Waals surface area contributed by atoms with Crippen molar-refractivity contribution in [1.82, 2.24) is 9.88 Å². The van der Waals surface area contributed by atoms with Gasteiger partial charge in [0.05, 0.1) is 11.5 Å². The summed E-state index contributed by atoms with van der Waals surface area (Å²) in [7, 11) is 1.76. The molecule has 0 spiro atoms. The minimum absolute atomic E-state index is 0.139. The van der Waals surface area contributed by atoms with Gasteiger partial charge in [-0.3, -0.25) is 9.59 Å². The van der Waals surface area contributed by atoms with Crippen molar-refractivity contribution in [3.63, 3.8) is 0 Å². The molecule has 7 nitrogen and oxygen atoms in total. The fraction of sp³-hybridized carbons (Fsp3) is 0.346. The van der Waals surface area contributed by atoms with Crippen molar-refractivity contribution in [2.75, 3.05) is 19.0 Å². The number of rotatable bonds is 5. The number of ether oxygens (including phenoxy) is 1. The number of carbonyl (C=O) groups excluding carboxylic acids is 2. The van der Waals surface area contributed by atoms with Gasteiger partial charge in [-0.25, -0.2) is 4.98 Å². The molecule has 33 heavy (non-hydrogen) atoms. The Hall–Kier alpha value is -3.61. The standard InChI is InChI=1S/C26H29N3O4/c1-6-18-19-9-7-8-10-20(19)33-23(18)16(2)29(5)22(30)12-11-17-13-21-24(27-14-17)28-25(31)26(3,4)15-32-21/h7-14,16H,6,15H2,1-5H3,(H,27,28,31)/b12-11+/t16-/m1/s1. The van der Waals surface area contributed by atoms with Crippen LogP contribution in [0.4, 0.5) is 5.82 Å². The van der Waals surface area contributed by atoms with Gasteiger partial charge in [-0.05, 0) is 51.0 Å². The number of pyridine rings is 1. The second-order valence-electron chi connectivity index (χ2n) is 9.00. The lowest BCUT2D eigenvalue weighted by atomic mass is 9.94. The van der Waals surface area contributed by atoms with E-state index in [0.29, 0.717) is 17.1 Å². The summed E-state index contributed by atoms with van der Waals surface area (Å²) in [6, 6.07) is 9.48. The van der Waals surface area contributed by atoms with E-state index < -0.39 is 5.41 Å². The third kappa shape index (κ3) is 4.35. The quantitative estimate of drug-likeness (QED) is 0.558. The average molecular weight is 448 g/mol. The number of nitrogens with zero attached hydrogens (tertiary/aromatic N) is 2. The molecule has 0 saturated heterocycles. The molecule has 0 saturated carbocycles. The maximum absolute atomic E-state index is 12.9. The number of hydrogen-bond donors (Lipinski definition) is 1. The van der Waals surface area contributed by atoms with Gasteiger partial charge in [0.25, 0.3) is 0 Å². The Kier molecular flexibility index (Phi) is 5.97. The number of para-hydroxylation sites is 1. The van der Waals surface area contributed by atoms with E-state index in [0.717, 1.165) is 28.7 Å². The van der Waals surface area contributed by atoms with E-state index in [1.54, 1.807) is 30.3 Å². The second-order valence-corrected chi connectivity index (χ2v) is 9.00. The summed E-state index contributed by atoms with van der Waals surface area (Å²) in [5, 5.41) is 3.88. The zero-order valence-corrected chi connectivity index (χ0v) is 19.6. The third-order valence-electron chi connectivity index (χ3n) is 6.12. The van der Waals surface area contributed by atoms with Crippen LogP contribution in [0.2, 0.25) is 0 Å². The highest BCUT2D eigenvalue weighted by molar-refractivity contribution is 5.96. The van der Waals surface area contributed by atoms with Crippen LogP contribution in [0.15, 0.2) is 47.0 Å². The average Bonchev–Trinajstić information content (AvgIpc) is 3.14. The highest BCUT2D eigenvalue weighted by Crippen LogP contribution is 2.33. The molecular formula is C26H29N3O4. The van der Waals surface area contributed by atoms with Crippen molar-refractivity contribution < 1.29 is 18.7 Å². The van der Waals surface area contributed by atoms with Crippen LogP contribution in [0.25, 0.3) is 17.0 Å². The molecule has 1 aliphatic heterocycles. The van der Waals surface area contributed by atoms with Crippen molar-refractivity contribution in [3.05, 3.63) is 59.5 Å². The first-order chi connectivity index (χ1) is 15.7. The van der Waals surface area contributed by atoms with Crippen molar-refractivity contribution in [2.45, 2.75) is 40.2 Å². The van der Waals surface area contributed by atoms with E-state index in [1.807, 2.05) is 45.0 Å². The van der Waals surface area contributed by atoms with Crippen molar-refractivity contribution in [3.8, 4) is 5.75 Å². The molecule has 1 atom stereocenters. The van der Waals surface area contributed by atoms with E-state index >= 15 is 0 Å². The van der Waals surface area contributed by atoms with Crippen LogP contribution < -0.4 is 10.1 Å². The molecule has 0 fully saturated rings. The zero-order valence-electron chi connectivity index (χ0n) is 19.6. The number of benzene rings is 1. The van der Waals surface area contributed by atoms with Crippen LogP contribution in [-0.4, -0.2) is 35.4 Å². The summed E-state index contributed by atoms with van der Waals surface area (Å²) < 4.78 is 11.9. The number of fused-ring (bicyclic) bond motifs is 2. The zero-order chi connectivity index (χ0) is 23.8. The van der Waals surface area contributed by atoms with Gasteiger partial charge in [-0.2, -0.15) is 0 Å². The Balaban J connectivity index is 1.51. The van der Waals surface area contributed by atoms with Crippen LogP contribution >= 0.6 is 0 Å². The molecule has 3 heterocycles. The van der Waals surface area contributed by atoms with Gasteiger partial charge in [0.15, 0.2) is 11.6 Å². The minimum atomic E-state index is -0.653. The minimum Gasteiger partial charge on any atom is -0.489 e. The van der Waals surface area contributed by atoms with Gasteiger partial charge >= 0.3 is 0 Å². The first kappa shape index (κ1) is 22.6. The summed E-state index contributed by atoms with van der Waals surface area (Å²) in [5.74, 6) is 1.38. The van der Waals surface area contributed by atoms with E-state index in [-0.39, 0.29) is 24.5 Å². The van der Waals surface area contributed by atoms with Crippen LogP contribution in [0, 0.1) is 5.41 Å². The van der Waals surface area contributed by atoms with Gasteiger partial charge in [0, 0.05) is 30.3 Å². The van der Waals surface area contributed by atoms with E-state index in [2.05, 4.69) is 17.2 Å². The summed E-state index contributed by atoms with van der Waals surface area (Å²) >= 11 is 0. The summed E-state index contributed by atoms with van der Waals surface area (Å²) in [6.45, 7) is 7.93. The molecular weight excluding hydrogens is 418 g/mol. The molecule has 4 rings (SSSR count). The fourth-order valence-electron chi connectivity index (χ4n) is 3.83. The van der Waals surface area contributed by atoms with Crippen molar-refractivity contribution >= 4 is 34.7 Å². The van der Waals surface area contributed by atoms with Gasteiger partial charge in [0.2, 0.25) is 11.8 Å². The lowest BCUT2D eigenvalue weighted by Gasteiger charge is -2.23. The molecule has 1 aromatic carbocycles. The van der Waals surface area contributed by atoms with Gasteiger partial charge in [-0.1, -0.05) is 25.1 Å². The van der Waals surface area contributed by atoms with Crippen LogP contribution in [-0.2, 0) is 16.0 Å². The van der Waals surface area contributed by atoms with E-state index in [1.165, 1.54) is 6.08 Å². The lowest BCUT2D eigenvalue weighted by molar-refractivity contribution is -0.127. The number of carbonyl (C=O) groups is 2. The monoisotopic (exact) mass is 447 g/mol. The molecule has 3 aromatic rings. The number of nitrogens with one attached hydrogen (secondary N) is 1. The molecule has 1 aliphatic rings. The van der Waals surface area contributed by atoms with Crippen molar-refractivity contribution in [1.29, 1.82) is 0 Å². The molecule has 2 aromatic heterocycles. The number of likely N-dealkylation sites (N-methyl/N-ethyl adjacent to an activating group) is 1. The second kappa shape index (κ2) is 8.73. The topological polar surface area (TPSA) is 84.7 Å². The summed E-state index contributed by atoms with van der Waals surface area (Å²) in [6.07, 6.45) is 5.62. The summed E-state index contributed by atoms with van der Waals surface area (Å²) in [5.41, 5.74) is 2.01. The van der Waals surface area contributed by atoms with E-state index in [9.17, 15) is 9.59 Å². The van der Waals surface area contributed by atoms with Gasteiger partial charge in [-0.15, -0.1) is 0 Å². The van der Waals surface area contributed by atoms with Crippen LogP contribution in [0.5, 0.6) is 5.75 Å². The third-order valence-corrected chi connectivity index (χ3v) is 6.12. The van der Waals surface area contributed by atoms with Crippen LogP contribution in [0.1, 0.15) is 50.6 Å². The molecule has 0 bridgehead atoms. The summed E-state index contributed by atoms with van der Waals surface area (Å²) in [4.78, 5) is 31.1. The Morgan fingerprint density at radius 3 is 2.85 bits per heavy atom. The number of aryl methyl sites for hydroxylation is 1. The SMILES string of the molecule is CCc1c([C@@H](C)N(C)C(=O)/C=C/c2cnc3c(c2)OCC(C)(C)C(=O)N3)oc2ccccc12. The maximum atomic E-state index is 12.9. The smallest absolute Gasteiger partial charge is 0.246 e. The molecule has 0 aliphatic carbocycles. The molecule has 7 heteroatoms. The number of furan rings is 1. The van der Waals surface area contributed by atoms with Gasteiger partial charge < -0.3 is 19.4 Å². The van der Waals surface area contributed by atoms with Crippen LogP contribution in [0.3, 0.4) is 0 Å². The Bertz CT molecular complexity index is 1240. The highest BCUT2D eigenvalue weighted by Gasteiger charge is 2.33. The fourth-order valence-corrected chi connectivity index (χ4v) is 3.83. The molecule has 172 valence electrons. The Morgan fingerprint density at radius 2 is 2.09 bits per heavy atom. The largest absolute Gasteiger partial charge is 0.489 e. The molecule has 0 unspecified atom stereocenters. The number of anilines is 1. The first-order valence-electron chi connectivity index (χ1n) is 11.1. The molecule has 2 amide bonds. The number of hydrogen-bond acceptors (Lipinski definition) is 5. The normalized spacial score (nSPS) is 16.1. The highest BCUT2D eigenvalue weighted by atomic mass is 16.5. The number of amides is 2. The molecule has 0 radical (unpaired) electrons. The predicted molar refractivity (Wildman–Crippen MR) is 128 cm³/mol. The predicted octanol–water partition coefficient (Wildman–Crippen LogP) is 4.98. The van der Waals surface area contributed by atoms with E-state index in [4.69, 9.17) is 9.15 Å².